The first-order valence-corrected chi connectivity index (χ1v) is 7.79. The van der Waals surface area contributed by atoms with Crippen molar-refractivity contribution in [1.82, 2.24) is 0 Å². The van der Waals surface area contributed by atoms with Crippen LogP contribution in [0.2, 0.25) is 10.0 Å². The van der Waals surface area contributed by atoms with Crippen LogP contribution in [0.25, 0.3) is 6.08 Å². The van der Waals surface area contributed by atoms with E-state index in [0.717, 1.165) is 11.1 Å². The van der Waals surface area contributed by atoms with Crippen LogP contribution in [0, 0.1) is 12.3 Å². The van der Waals surface area contributed by atoms with E-state index in [1.165, 1.54) is 6.08 Å². The molecule has 0 spiro atoms. The van der Waals surface area contributed by atoms with Gasteiger partial charge in [0.1, 0.15) is 12.4 Å². The Labute approximate surface area is 150 Å². The van der Waals surface area contributed by atoms with Crippen molar-refractivity contribution >= 4 is 35.2 Å². The smallest absolute Gasteiger partial charge is 0.331 e. The van der Waals surface area contributed by atoms with Gasteiger partial charge in [-0.2, -0.15) is 0 Å². The molecule has 0 heterocycles. The predicted molar refractivity (Wildman–Crippen MR) is 96.1 cm³/mol. The summed E-state index contributed by atoms with van der Waals surface area (Å²) in [4.78, 5) is 11.3. The van der Waals surface area contributed by atoms with Crippen LogP contribution in [0.5, 0.6) is 5.75 Å². The van der Waals surface area contributed by atoms with E-state index in [1.54, 1.807) is 18.2 Å². The standard InChI is InChI=1S/C19H14Cl2O3/c1-2-11-23-19(22)10-6-14-3-7-16(8-4-14)24-13-15-5-9-17(20)18(21)12-15/h1,3-10,12H,11,13H2/b10-6+. The van der Waals surface area contributed by atoms with Crippen LogP contribution < -0.4 is 4.74 Å². The second-order valence-corrected chi connectivity index (χ2v) is 5.57. The Morgan fingerprint density at radius 1 is 1.12 bits per heavy atom. The molecule has 0 saturated carbocycles. The molecule has 0 aromatic heterocycles. The summed E-state index contributed by atoms with van der Waals surface area (Å²) in [6, 6.07) is 12.6. The van der Waals surface area contributed by atoms with Crippen LogP contribution in [0.15, 0.2) is 48.5 Å². The fourth-order valence-electron chi connectivity index (χ4n) is 1.80. The second kappa shape index (κ2) is 9.02. The summed E-state index contributed by atoms with van der Waals surface area (Å²) in [5.74, 6) is 2.45. The Kier molecular flexibility index (Phi) is 6.74. The van der Waals surface area contributed by atoms with Crippen LogP contribution in [-0.2, 0) is 16.1 Å². The zero-order valence-electron chi connectivity index (χ0n) is 12.7. The molecule has 0 aliphatic heterocycles. The first-order valence-electron chi connectivity index (χ1n) is 7.03. The number of rotatable bonds is 6. The van der Waals surface area contributed by atoms with Gasteiger partial charge in [-0.3, -0.25) is 0 Å². The van der Waals surface area contributed by atoms with Crippen molar-refractivity contribution in [2.75, 3.05) is 6.61 Å². The highest BCUT2D eigenvalue weighted by Gasteiger charge is 2.01. The highest BCUT2D eigenvalue weighted by Crippen LogP contribution is 2.23. The maximum atomic E-state index is 11.3. The lowest BCUT2D eigenvalue weighted by molar-refractivity contribution is -0.136. The molecule has 122 valence electrons. The molecule has 2 rings (SSSR count). The SMILES string of the molecule is C#CCOC(=O)/C=C/c1ccc(OCc2ccc(Cl)c(Cl)c2)cc1. The minimum absolute atomic E-state index is 0.0370. The minimum atomic E-state index is -0.479. The summed E-state index contributed by atoms with van der Waals surface area (Å²) in [6.45, 7) is 0.342. The van der Waals surface area contributed by atoms with E-state index in [9.17, 15) is 4.79 Å². The monoisotopic (exact) mass is 360 g/mol. The maximum absolute atomic E-state index is 11.3. The number of carbonyl (C=O) groups is 1. The molecular weight excluding hydrogens is 347 g/mol. The van der Waals surface area contributed by atoms with Crippen LogP contribution >= 0.6 is 23.2 Å². The van der Waals surface area contributed by atoms with Gasteiger partial charge < -0.3 is 9.47 Å². The van der Waals surface area contributed by atoms with Crippen molar-refractivity contribution in [2.45, 2.75) is 6.61 Å². The molecule has 0 aliphatic carbocycles. The summed E-state index contributed by atoms with van der Waals surface area (Å²) in [5, 5.41) is 1.01. The molecular formula is C19H14Cl2O3. The average molecular weight is 361 g/mol. The Hall–Kier alpha value is -2.41. The topological polar surface area (TPSA) is 35.5 Å². The summed E-state index contributed by atoms with van der Waals surface area (Å²) in [7, 11) is 0. The van der Waals surface area contributed by atoms with E-state index < -0.39 is 5.97 Å². The Morgan fingerprint density at radius 2 is 1.88 bits per heavy atom. The third kappa shape index (κ3) is 5.66. The molecule has 2 aromatic rings. The molecule has 0 atom stereocenters. The number of carbonyl (C=O) groups excluding carboxylic acids is 1. The zero-order valence-corrected chi connectivity index (χ0v) is 14.2. The highest BCUT2D eigenvalue weighted by atomic mass is 35.5. The van der Waals surface area contributed by atoms with Gasteiger partial charge in [0.2, 0.25) is 0 Å². The molecule has 2 aromatic carbocycles. The summed E-state index contributed by atoms with van der Waals surface area (Å²) >= 11 is 11.8. The molecule has 0 amide bonds. The van der Waals surface area contributed by atoms with Crippen LogP contribution in [-0.4, -0.2) is 12.6 Å². The third-order valence-corrected chi connectivity index (χ3v) is 3.72. The lowest BCUT2D eigenvalue weighted by atomic mass is 10.2. The van der Waals surface area contributed by atoms with E-state index in [2.05, 4.69) is 5.92 Å². The summed E-state index contributed by atoms with van der Waals surface area (Å²) in [5.41, 5.74) is 1.76. The van der Waals surface area contributed by atoms with Gasteiger partial charge in [-0.25, -0.2) is 4.79 Å². The Bertz CT molecular complexity index is 774. The second-order valence-electron chi connectivity index (χ2n) is 4.75. The molecule has 0 unspecified atom stereocenters. The van der Waals surface area contributed by atoms with Crippen molar-refractivity contribution < 1.29 is 14.3 Å². The highest BCUT2D eigenvalue weighted by molar-refractivity contribution is 6.42. The molecule has 24 heavy (non-hydrogen) atoms. The summed E-state index contributed by atoms with van der Waals surface area (Å²) in [6.07, 6.45) is 7.97. The summed E-state index contributed by atoms with van der Waals surface area (Å²) < 4.78 is 10.4. The molecule has 0 bridgehead atoms. The van der Waals surface area contributed by atoms with Gasteiger partial charge in [-0.05, 0) is 41.5 Å². The largest absolute Gasteiger partial charge is 0.489 e. The van der Waals surface area contributed by atoms with Crippen molar-refractivity contribution in [3.8, 4) is 18.1 Å². The van der Waals surface area contributed by atoms with E-state index in [0.29, 0.717) is 22.4 Å². The number of hydrogen-bond acceptors (Lipinski definition) is 3. The first kappa shape index (κ1) is 17.9. The maximum Gasteiger partial charge on any atom is 0.331 e. The van der Waals surface area contributed by atoms with Gasteiger partial charge in [0.15, 0.2) is 6.61 Å². The normalized spacial score (nSPS) is 10.4. The van der Waals surface area contributed by atoms with E-state index >= 15 is 0 Å². The fourth-order valence-corrected chi connectivity index (χ4v) is 2.12. The number of terminal acetylenes is 1. The van der Waals surface area contributed by atoms with Crippen LogP contribution in [0.3, 0.4) is 0 Å². The Balaban J connectivity index is 1.90. The van der Waals surface area contributed by atoms with E-state index in [1.807, 2.05) is 30.3 Å². The first-order chi connectivity index (χ1) is 11.6. The van der Waals surface area contributed by atoms with Gasteiger partial charge in [0.05, 0.1) is 10.0 Å². The van der Waals surface area contributed by atoms with Crippen LogP contribution in [0.4, 0.5) is 0 Å². The molecule has 5 heteroatoms. The van der Waals surface area contributed by atoms with Crippen molar-refractivity contribution in [3.05, 3.63) is 69.7 Å². The van der Waals surface area contributed by atoms with E-state index in [4.69, 9.17) is 39.1 Å². The third-order valence-electron chi connectivity index (χ3n) is 2.98. The van der Waals surface area contributed by atoms with Gasteiger partial charge in [-0.1, -0.05) is 47.3 Å². The molecule has 0 aliphatic rings. The number of hydrogen-bond donors (Lipinski definition) is 0. The van der Waals surface area contributed by atoms with Crippen molar-refractivity contribution in [1.29, 1.82) is 0 Å². The van der Waals surface area contributed by atoms with Crippen LogP contribution in [0.1, 0.15) is 11.1 Å². The van der Waals surface area contributed by atoms with Crippen molar-refractivity contribution in [3.63, 3.8) is 0 Å². The fraction of sp³-hybridized carbons (Fsp3) is 0.105. The number of esters is 1. The number of halogens is 2. The lowest BCUT2D eigenvalue weighted by Crippen LogP contribution is -1.99. The predicted octanol–water partition coefficient (Wildman–Crippen LogP) is 4.76. The molecule has 0 saturated heterocycles. The van der Waals surface area contributed by atoms with Gasteiger partial charge in [0, 0.05) is 6.08 Å². The average Bonchev–Trinajstić information content (AvgIpc) is 2.60. The van der Waals surface area contributed by atoms with Gasteiger partial charge in [-0.15, -0.1) is 6.42 Å². The number of benzene rings is 2. The zero-order chi connectivity index (χ0) is 17.4. The lowest BCUT2D eigenvalue weighted by Gasteiger charge is -2.07. The quantitative estimate of drug-likeness (QED) is 0.423. The van der Waals surface area contributed by atoms with E-state index in [-0.39, 0.29) is 6.61 Å². The minimum Gasteiger partial charge on any atom is -0.489 e. The Morgan fingerprint density at radius 3 is 2.54 bits per heavy atom. The van der Waals surface area contributed by atoms with Gasteiger partial charge in [0.25, 0.3) is 0 Å². The van der Waals surface area contributed by atoms with Gasteiger partial charge >= 0.3 is 5.97 Å². The molecule has 0 radical (unpaired) electrons. The molecule has 0 fully saturated rings. The van der Waals surface area contributed by atoms with Crippen molar-refractivity contribution in [2.24, 2.45) is 0 Å². The molecule has 3 nitrogen and oxygen atoms in total. The number of ether oxygens (including phenoxy) is 2. The molecule has 0 N–H and O–H groups in total.